The van der Waals surface area contributed by atoms with Crippen LogP contribution < -0.4 is 9.62 Å². The molecule has 2 aromatic heterocycles. The average molecular weight is 535 g/mol. The first-order chi connectivity index (χ1) is 16.3. The molecule has 1 N–H and O–H groups in total. The summed E-state index contributed by atoms with van der Waals surface area (Å²) in [6.45, 7) is 0.403. The molecule has 1 aliphatic heterocycles. The van der Waals surface area contributed by atoms with E-state index in [9.17, 15) is 13.2 Å². The summed E-state index contributed by atoms with van der Waals surface area (Å²) in [5.74, 6) is -0.413. The topological polar surface area (TPSA) is 105 Å². The number of para-hydroxylation sites is 1. The maximum Gasteiger partial charge on any atom is 0.322 e. The summed E-state index contributed by atoms with van der Waals surface area (Å²) in [6.07, 6.45) is 1.58. The van der Waals surface area contributed by atoms with Crippen molar-refractivity contribution < 1.29 is 17.6 Å². The smallest absolute Gasteiger partial charge is 0.322 e. The highest BCUT2D eigenvalue weighted by Gasteiger charge is 2.29. The Balaban J connectivity index is 1.33. The Bertz CT molecular complexity index is 1480. The summed E-state index contributed by atoms with van der Waals surface area (Å²) >= 11 is 13.2. The monoisotopic (exact) mass is 534 g/mol. The molecule has 8 nitrogen and oxygen atoms in total. The second-order valence-corrected chi connectivity index (χ2v) is 11.6. The average Bonchev–Trinajstić information content (AvgIpc) is 3.43. The van der Waals surface area contributed by atoms with E-state index in [1.165, 1.54) is 28.6 Å². The third kappa shape index (κ3) is 4.29. The molecule has 3 heterocycles. The molecule has 0 fully saturated rings. The summed E-state index contributed by atoms with van der Waals surface area (Å²) in [7, 11) is -3.77. The lowest BCUT2D eigenvalue weighted by Crippen LogP contribution is -2.35. The fourth-order valence-corrected chi connectivity index (χ4v) is 6.68. The van der Waals surface area contributed by atoms with E-state index in [2.05, 4.69) is 15.5 Å². The van der Waals surface area contributed by atoms with Crippen LogP contribution >= 0.6 is 34.5 Å². The number of nitrogens with one attached hydrogen (secondary N) is 1. The minimum absolute atomic E-state index is 0.102. The van der Waals surface area contributed by atoms with Crippen LogP contribution in [0.4, 0.5) is 11.7 Å². The van der Waals surface area contributed by atoms with E-state index < -0.39 is 15.9 Å². The third-order valence-electron chi connectivity index (χ3n) is 5.30. The standard InChI is InChI=1S/C22H16Cl2N4O4S2/c23-18-12-16(19(24)33-18)21-26-27-22(32-21)25-20(29)14-7-9-15(10-8-14)34(30,31)28-11-3-5-13-4-1-2-6-17(13)28/h1-2,4,6-10,12H,3,5,11H2,(H,25,27,29). The molecule has 0 unspecified atom stereocenters. The molecule has 5 rings (SSSR count). The molecule has 12 heteroatoms. The quantitative estimate of drug-likeness (QED) is 0.362. The second-order valence-electron chi connectivity index (χ2n) is 7.44. The van der Waals surface area contributed by atoms with Gasteiger partial charge in [-0.3, -0.25) is 14.4 Å². The molecule has 0 saturated carbocycles. The van der Waals surface area contributed by atoms with Crippen molar-refractivity contribution >= 4 is 62.2 Å². The molecule has 4 aromatic rings. The molecule has 0 radical (unpaired) electrons. The largest absolute Gasteiger partial charge is 0.403 e. The lowest BCUT2D eigenvalue weighted by molar-refractivity contribution is 0.102. The van der Waals surface area contributed by atoms with Crippen molar-refractivity contribution in [1.82, 2.24) is 10.2 Å². The number of halogens is 2. The predicted molar refractivity (Wildman–Crippen MR) is 131 cm³/mol. The molecular weight excluding hydrogens is 519 g/mol. The lowest BCUT2D eigenvalue weighted by Gasteiger charge is -2.30. The normalized spacial score (nSPS) is 13.5. The number of aromatic nitrogens is 2. The molecular formula is C22H16Cl2N4O4S2. The number of carbonyl (C=O) groups excluding carboxylic acids is 1. The van der Waals surface area contributed by atoms with E-state index in [4.69, 9.17) is 27.6 Å². The van der Waals surface area contributed by atoms with Gasteiger partial charge in [-0.1, -0.05) is 46.5 Å². The summed E-state index contributed by atoms with van der Waals surface area (Å²) in [6, 6.07) is 14.6. The van der Waals surface area contributed by atoms with E-state index in [0.29, 0.717) is 26.5 Å². The molecule has 34 heavy (non-hydrogen) atoms. The van der Waals surface area contributed by atoms with E-state index >= 15 is 0 Å². The van der Waals surface area contributed by atoms with Crippen LogP contribution in [0.25, 0.3) is 11.5 Å². The van der Waals surface area contributed by atoms with Crippen LogP contribution in [0.1, 0.15) is 22.3 Å². The molecule has 0 aliphatic carbocycles. The van der Waals surface area contributed by atoms with Crippen LogP contribution in [0.3, 0.4) is 0 Å². The molecule has 1 amide bonds. The number of amides is 1. The number of anilines is 2. The van der Waals surface area contributed by atoms with Gasteiger partial charge in [0.15, 0.2) is 0 Å². The van der Waals surface area contributed by atoms with Crippen LogP contribution in [0.5, 0.6) is 0 Å². The number of benzene rings is 2. The molecule has 2 aromatic carbocycles. The second kappa shape index (κ2) is 9.03. The minimum atomic E-state index is -3.77. The van der Waals surface area contributed by atoms with Gasteiger partial charge in [0.1, 0.15) is 4.34 Å². The highest BCUT2D eigenvalue weighted by atomic mass is 35.5. The highest BCUT2D eigenvalue weighted by Crippen LogP contribution is 2.38. The Morgan fingerprint density at radius 3 is 2.59 bits per heavy atom. The number of hydrogen-bond acceptors (Lipinski definition) is 7. The number of thiophene rings is 1. The fraction of sp³-hybridized carbons (Fsp3) is 0.136. The van der Waals surface area contributed by atoms with E-state index in [1.807, 2.05) is 24.3 Å². The van der Waals surface area contributed by atoms with Gasteiger partial charge in [-0.05, 0) is 54.8 Å². The molecule has 1 aliphatic rings. The van der Waals surface area contributed by atoms with Crippen LogP contribution in [0, 0.1) is 0 Å². The maximum atomic E-state index is 13.3. The van der Waals surface area contributed by atoms with Gasteiger partial charge in [0.25, 0.3) is 21.8 Å². The van der Waals surface area contributed by atoms with Gasteiger partial charge >= 0.3 is 6.01 Å². The number of nitrogens with zero attached hydrogens (tertiary/aromatic N) is 3. The summed E-state index contributed by atoms with van der Waals surface area (Å²) in [4.78, 5) is 12.7. The zero-order valence-corrected chi connectivity index (χ0v) is 20.5. The Kier molecular flexibility index (Phi) is 6.07. The van der Waals surface area contributed by atoms with Crippen molar-refractivity contribution in [2.45, 2.75) is 17.7 Å². The van der Waals surface area contributed by atoms with Crippen molar-refractivity contribution in [3.63, 3.8) is 0 Å². The van der Waals surface area contributed by atoms with Crippen molar-refractivity contribution in [3.8, 4) is 11.5 Å². The van der Waals surface area contributed by atoms with Gasteiger partial charge < -0.3 is 4.42 Å². The van der Waals surface area contributed by atoms with Crippen molar-refractivity contribution in [2.75, 3.05) is 16.2 Å². The Hall–Kier alpha value is -2.92. The van der Waals surface area contributed by atoms with Crippen LogP contribution in [-0.4, -0.2) is 31.1 Å². The molecule has 0 spiro atoms. The van der Waals surface area contributed by atoms with Gasteiger partial charge in [0.2, 0.25) is 0 Å². The van der Waals surface area contributed by atoms with Gasteiger partial charge in [-0.25, -0.2) is 8.42 Å². The number of hydrogen-bond donors (Lipinski definition) is 1. The summed E-state index contributed by atoms with van der Waals surface area (Å²) in [5, 5.41) is 10.2. The predicted octanol–water partition coefficient (Wildman–Crippen LogP) is 5.50. The SMILES string of the molecule is O=C(Nc1nnc(-c2cc(Cl)sc2Cl)o1)c1ccc(S(=O)(=O)N2CCCc3ccccc32)cc1. The summed E-state index contributed by atoms with van der Waals surface area (Å²) in [5.41, 5.74) is 2.39. The molecule has 0 saturated heterocycles. The first-order valence-corrected chi connectivity index (χ1v) is 13.1. The van der Waals surface area contributed by atoms with Gasteiger partial charge in [-0.15, -0.1) is 16.4 Å². The number of aryl methyl sites for hydroxylation is 1. The fourth-order valence-electron chi connectivity index (χ4n) is 3.69. The van der Waals surface area contributed by atoms with Crippen LogP contribution in [0.15, 0.2) is 63.9 Å². The van der Waals surface area contributed by atoms with E-state index in [1.54, 1.807) is 6.07 Å². The van der Waals surface area contributed by atoms with Crippen molar-refractivity contribution in [2.24, 2.45) is 0 Å². The van der Waals surface area contributed by atoms with Crippen molar-refractivity contribution in [3.05, 3.63) is 74.4 Å². The zero-order valence-electron chi connectivity index (χ0n) is 17.4. The number of fused-ring (bicyclic) bond motifs is 1. The van der Waals surface area contributed by atoms with Gasteiger partial charge in [-0.2, -0.15) is 0 Å². The lowest BCUT2D eigenvalue weighted by atomic mass is 10.0. The highest BCUT2D eigenvalue weighted by molar-refractivity contribution is 7.92. The Labute approximate surface area is 209 Å². The molecule has 174 valence electrons. The van der Waals surface area contributed by atoms with Gasteiger partial charge in [0, 0.05) is 12.1 Å². The summed E-state index contributed by atoms with van der Waals surface area (Å²) < 4.78 is 34.2. The maximum absolute atomic E-state index is 13.3. The first kappa shape index (κ1) is 22.9. The van der Waals surface area contributed by atoms with E-state index in [0.717, 1.165) is 29.7 Å². The third-order valence-corrected chi connectivity index (χ3v) is 8.62. The minimum Gasteiger partial charge on any atom is -0.403 e. The Morgan fingerprint density at radius 2 is 1.85 bits per heavy atom. The zero-order chi connectivity index (χ0) is 23.9. The number of sulfonamides is 1. The number of rotatable bonds is 5. The van der Waals surface area contributed by atoms with Crippen LogP contribution in [-0.2, 0) is 16.4 Å². The number of carbonyl (C=O) groups is 1. The first-order valence-electron chi connectivity index (χ1n) is 10.1. The Morgan fingerprint density at radius 1 is 1.09 bits per heavy atom. The molecule has 0 bridgehead atoms. The van der Waals surface area contributed by atoms with Crippen molar-refractivity contribution in [1.29, 1.82) is 0 Å². The van der Waals surface area contributed by atoms with Crippen LogP contribution in [0.2, 0.25) is 8.67 Å². The molecule has 0 atom stereocenters. The van der Waals surface area contributed by atoms with Gasteiger partial charge in [0.05, 0.1) is 20.5 Å². The van der Waals surface area contributed by atoms with E-state index in [-0.39, 0.29) is 22.4 Å².